The third kappa shape index (κ3) is 3.56. The van der Waals surface area contributed by atoms with Crippen molar-refractivity contribution in [3.05, 3.63) is 84.8 Å². The van der Waals surface area contributed by atoms with Gasteiger partial charge in [0.25, 0.3) is 0 Å². The number of H-pyrrole nitrogens is 3. The normalized spacial score (nSPS) is 24.4. The molecule has 0 amide bonds. The van der Waals surface area contributed by atoms with E-state index in [1.54, 1.807) is 0 Å². The van der Waals surface area contributed by atoms with E-state index in [0.717, 1.165) is 68.7 Å². The number of carbonyl (C=O) groups excluding carboxylic acids is 2. The predicted octanol–water partition coefficient (Wildman–Crippen LogP) is 4.14. The van der Waals surface area contributed by atoms with Crippen LogP contribution in [0.25, 0.3) is 29.9 Å². The van der Waals surface area contributed by atoms with Crippen molar-refractivity contribution in [2.45, 2.75) is 47.5 Å². The number of ether oxygens (including phenoxy) is 1. The van der Waals surface area contributed by atoms with E-state index < -0.39 is 11.9 Å². The number of hydrogen-bond acceptors (Lipinski definition) is 4. The first-order valence-corrected chi connectivity index (χ1v) is 13.5. The number of methoxy groups -OCH3 is 1. The topological polar surface area (TPSA) is 103 Å². The molecular weight excluding hydrogens is 488 g/mol. The number of aromatic nitrogens is 3. The van der Waals surface area contributed by atoms with E-state index in [1.807, 2.05) is 13.0 Å². The second-order valence-corrected chi connectivity index (χ2v) is 10.9. The quantitative estimate of drug-likeness (QED) is 0.307. The Morgan fingerprint density at radius 3 is 2.44 bits per heavy atom. The number of Topliss-reactive ketones (excluding diaryl/α,β-unsaturated/α-hetero) is 1. The Bertz CT molecular complexity index is 1790. The van der Waals surface area contributed by atoms with Crippen molar-refractivity contribution in [2.75, 3.05) is 7.11 Å². The molecule has 200 valence electrons. The molecule has 8 bridgehead atoms. The standard InChI is InChI=1S/C32H34N4O3/c1-8-19-15(4)21-11-18-10-14(3)29(33-18)27-28(32(38)39-7)31(37)26-17(6)23(36-30(26)27)13-25-20(9-2)16(5)22(35-25)12-24(19)34-21/h8,11-14,28,33-36H,1,9-10H2,2-7H3/b18-11-,22-12-,25-13-,29-27-/t14-,28+/m0/s1. The summed E-state index contributed by atoms with van der Waals surface area (Å²) in [6, 6.07) is 0. The van der Waals surface area contributed by atoms with Crippen LogP contribution >= 0.6 is 0 Å². The Balaban J connectivity index is 1.73. The molecule has 7 nitrogen and oxygen atoms in total. The van der Waals surface area contributed by atoms with Crippen LogP contribution in [0.3, 0.4) is 0 Å². The zero-order valence-electron chi connectivity index (χ0n) is 23.3. The smallest absolute Gasteiger partial charge is 0.321 e. The number of ketones is 1. The number of hydrogen-bond donors (Lipinski definition) is 4. The number of aromatic amines is 3. The van der Waals surface area contributed by atoms with Gasteiger partial charge in [-0.15, -0.1) is 0 Å². The van der Waals surface area contributed by atoms with Gasteiger partial charge in [0.05, 0.1) is 12.8 Å². The van der Waals surface area contributed by atoms with Gasteiger partial charge in [-0.1, -0.05) is 26.5 Å². The fourth-order valence-corrected chi connectivity index (χ4v) is 6.57. The number of nitrogens with one attached hydrogen (secondary N) is 4. The molecule has 1 saturated heterocycles. The Morgan fingerprint density at radius 1 is 1.03 bits per heavy atom. The van der Waals surface area contributed by atoms with Gasteiger partial charge < -0.3 is 25.0 Å². The molecule has 4 N–H and O–H groups in total. The molecule has 0 unspecified atom stereocenters. The van der Waals surface area contributed by atoms with Crippen molar-refractivity contribution in [1.82, 2.24) is 20.3 Å². The number of fused-ring (bicyclic) bond motifs is 7. The lowest BCUT2D eigenvalue weighted by Gasteiger charge is -2.15. The largest absolute Gasteiger partial charge is 0.468 e. The maximum Gasteiger partial charge on any atom is 0.321 e. The summed E-state index contributed by atoms with van der Waals surface area (Å²) in [5.41, 5.74) is 12.2. The van der Waals surface area contributed by atoms with Crippen LogP contribution in [0.5, 0.6) is 0 Å². The number of allylic oxidation sites excluding steroid dienone is 2. The third-order valence-electron chi connectivity index (χ3n) is 8.67. The average Bonchev–Trinajstić information content (AvgIpc) is 3.65. The monoisotopic (exact) mass is 522 g/mol. The minimum atomic E-state index is -0.987. The van der Waals surface area contributed by atoms with Gasteiger partial charge in [-0.3, -0.25) is 9.59 Å². The molecular formula is C32H34N4O3. The van der Waals surface area contributed by atoms with Crippen molar-refractivity contribution in [2.24, 2.45) is 11.8 Å². The Labute approximate surface area is 227 Å². The van der Waals surface area contributed by atoms with Gasteiger partial charge in [0, 0.05) is 61.8 Å². The lowest BCUT2D eigenvalue weighted by molar-refractivity contribution is -0.141. The summed E-state index contributed by atoms with van der Waals surface area (Å²) >= 11 is 0. The number of rotatable bonds is 3. The van der Waals surface area contributed by atoms with Crippen molar-refractivity contribution in [3.8, 4) is 0 Å². The molecule has 0 spiro atoms. The van der Waals surface area contributed by atoms with Gasteiger partial charge >= 0.3 is 5.97 Å². The number of esters is 1. The van der Waals surface area contributed by atoms with Crippen molar-refractivity contribution >= 4 is 41.6 Å². The van der Waals surface area contributed by atoms with Gasteiger partial charge in [-0.25, -0.2) is 0 Å². The van der Waals surface area contributed by atoms with Gasteiger partial charge in [0.1, 0.15) is 5.92 Å². The fraction of sp³-hybridized carbons (Fsp3) is 0.312. The van der Waals surface area contributed by atoms with Crippen LogP contribution in [0, 0.1) is 32.6 Å². The van der Waals surface area contributed by atoms with Crippen molar-refractivity contribution in [3.63, 3.8) is 0 Å². The zero-order chi connectivity index (χ0) is 27.7. The summed E-state index contributed by atoms with van der Waals surface area (Å²) in [6.45, 7) is 14.5. The van der Waals surface area contributed by atoms with Gasteiger partial charge in [0.15, 0.2) is 5.78 Å². The van der Waals surface area contributed by atoms with Crippen LogP contribution in [-0.2, 0) is 16.0 Å². The summed E-state index contributed by atoms with van der Waals surface area (Å²) in [7, 11) is 1.34. The first-order valence-electron chi connectivity index (χ1n) is 13.5. The van der Waals surface area contributed by atoms with E-state index in [1.165, 1.54) is 18.2 Å². The van der Waals surface area contributed by atoms with E-state index in [9.17, 15) is 9.59 Å². The first kappa shape index (κ1) is 25.0. The lowest BCUT2D eigenvalue weighted by Crippen LogP contribution is -2.24. The van der Waals surface area contributed by atoms with E-state index in [0.29, 0.717) is 16.8 Å². The maximum atomic E-state index is 13.8. The summed E-state index contributed by atoms with van der Waals surface area (Å²) in [6.07, 6.45) is 9.88. The van der Waals surface area contributed by atoms with Crippen LogP contribution in [-0.4, -0.2) is 33.8 Å². The first-order chi connectivity index (χ1) is 18.7. The van der Waals surface area contributed by atoms with Crippen LogP contribution < -0.4 is 16.0 Å². The van der Waals surface area contributed by atoms with Crippen LogP contribution in [0.2, 0.25) is 0 Å². The fourth-order valence-electron chi connectivity index (χ4n) is 6.57. The molecule has 39 heavy (non-hydrogen) atoms. The molecule has 7 heteroatoms. The highest BCUT2D eigenvalue weighted by Crippen LogP contribution is 2.45. The van der Waals surface area contributed by atoms with E-state index in [2.05, 4.69) is 72.8 Å². The molecule has 3 aliphatic rings. The summed E-state index contributed by atoms with van der Waals surface area (Å²) in [4.78, 5) is 37.5. The number of carbonyl (C=O) groups is 2. The molecule has 3 aromatic heterocycles. The molecule has 0 radical (unpaired) electrons. The lowest BCUT2D eigenvalue weighted by atomic mass is 9.93. The SMILES string of the molecule is C=Cc1c2[nH]c(c1C)/C=C1/C[C@H](C)/C(=C3/c4[nH]c(c(C)c4C(=O)[C@@H]3C(=O)OC)/C=c3\[nH]/c(c(C)c3CC)=C\2)N1. The molecule has 2 aliphatic heterocycles. The highest BCUT2D eigenvalue weighted by molar-refractivity contribution is 6.24. The second-order valence-electron chi connectivity index (χ2n) is 10.9. The predicted molar refractivity (Wildman–Crippen MR) is 154 cm³/mol. The van der Waals surface area contributed by atoms with Crippen LogP contribution in [0.15, 0.2) is 18.0 Å². The summed E-state index contributed by atoms with van der Waals surface area (Å²) in [5.74, 6) is -1.65. The molecule has 0 aromatic carbocycles. The molecule has 1 aliphatic carbocycles. The molecule has 0 saturated carbocycles. The van der Waals surface area contributed by atoms with Gasteiger partial charge in [0.2, 0.25) is 0 Å². The summed E-state index contributed by atoms with van der Waals surface area (Å²) < 4.78 is 5.12. The molecule has 5 heterocycles. The van der Waals surface area contributed by atoms with E-state index in [-0.39, 0.29) is 11.7 Å². The summed E-state index contributed by atoms with van der Waals surface area (Å²) in [5, 5.41) is 5.62. The minimum absolute atomic E-state index is 0.0870. The average molecular weight is 523 g/mol. The highest BCUT2D eigenvalue weighted by atomic mass is 16.5. The third-order valence-corrected chi connectivity index (χ3v) is 8.67. The van der Waals surface area contributed by atoms with Crippen LogP contribution in [0.1, 0.15) is 81.2 Å². The van der Waals surface area contributed by atoms with Crippen LogP contribution in [0.4, 0.5) is 0 Å². The Morgan fingerprint density at radius 2 is 1.74 bits per heavy atom. The van der Waals surface area contributed by atoms with Crippen molar-refractivity contribution < 1.29 is 14.3 Å². The second kappa shape index (κ2) is 8.90. The molecule has 6 rings (SSSR count). The zero-order valence-corrected chi connectivity index (χ0v) is 23.3. The molecule has 3 aromatic rings. The van der Waals surface area contributed by atoms with Crippen molar-refractivity contribution in [1.29, 1.82) is 0 Å². The Hall–Kier alpha value is -4.26. The Kier molecular flexibility index (Phi) is 5.72. The van der Waals surface area contributed by atoms with E-state index >= 15 is 0 Å². The molecule has 1 fully saturated rings. The van der Waals surface area contributed by atoms with Gasteiger partial charge in [-0.05, 0) is 74.1 Å². The van der Waals surface area contributed by atoms with E-state index in [4.69, 9.17) is 4.74 Å². The minimum Gasteiger partial charge on any atom is -0.468 e. The highest BCUT2D eigenvalue weighted by Gasteiger charge is 2.47. The van der Waals surface area contributed by atoms with Gasteiger partial charge in [-0.2, -0.15) is 0 Å². The maximum absolute atomic E-state index is 13.8. The molecule has 2 atom stereocenters.